The minimum Gasteiger partial charge on any atom is -0.398 e. The SMILES string of the molecule is CS(=O)(=O)c1ccc(-c2ccc(Cl)c(Cl)c2)c(N)c1. The molecule has 2 aromatic carbocycles. The van der Waals surface area contributed by atoms with Gasteiger partial charge in [-0.3, -0.25) is 0 Å². The number of nitrogens with two attached hydrogens (primary N) is 1. The van der Waals surface area contributed by atoms with Crippen molar-refractivity contribution in [2.45, 2.75) is 4.90 Å². The zero-order chi connectivity index (χ0) is 14.2. The van der Waals surface area contributed by atoms with E-state index in [4.69, 9.17) is 28.9 Å². The van der Waals surface area contributed by atoms with Gasteiger partial charge >= 0.3 is 0 Å². The van der Waals surface area contributed by atoms with Gasteiger partial charge < -0.3 is 5.73 Å². The number of anilines is 1. The lowest BCUT2D eigenvalue weighted by molar-refractivity contribution is 0.602. The van der Waals surface area contributed by atoms with Crippen LogP contribution >= 0.6 is 23.2 Å². The Morgan fingerprint density at radius 2 is 1.68 bits per heavy atom. The summed E-state index contributed by atoms with van der Waals surface area (Å²) in [5.41, 5.74) is 7.77. The molecule has 100 valence electrons. The molecule has 0 aliphatic heterocycles. The highest BCUT2D eigenvalue weighted by Gasteiger charge is 2.11. The lowest BCUT2D eigenvalue weighted by Gasteiger charge is -2.08. The fourth-order valence-corrected chi connectivity index (χ4v) is 2.65. The summed E-state index contributed by atoms with van der Waals surface area (Å²) in [6.07, 6.45) is 1.14. The van der Waals surface area contributed by atoms with Crippen LogP contribution in [0.4, 0.5) is 5.69 Å². The quantitative estimate of drug-likeness (QED) is 0.860. The van der Waals surface area contributed by atoms with Crippen molar-refractivity contribution in [2.24, 2.45) is 0 Å². The normalized spacial score (nSPS) is 11.5. The molecule has 0 fully saturated rings. The molecule has 0 atom stereocenters. The van der Waals surface area contributed by atoms with Crippen molar-refractivity contribution >= 4 is 38.7 Å². The van der Waals surface area contributed by atoms with Crippen LogP contribution in [0, 0.1) is 0 Å². The van der Waals surface area contributed by atoms with E-state index in [0.29, 0.717) is 21.3 Å². The number of halogens is 2. The number of benzene rings is 2. The van der Waals surface area contributed by atoms with E-state index in [9.17, 15) is 8.42 Å². The average molecular weight is 316 g/mol. The lowest BCUT2D eigenvalue weighted by Crippen LogP contribution is -1.99. The molecule has 2 aromatic rings. The highest BCUT2D eigenvalue weighted by atomic mass is 35.5. The summed E-state index contributed by atoms with van der Waals surface area (Å²) in [5, 5.41) is 0.877. The van der Waals surface area contributed by atoms with Crippen LogP contribution in [0.15, 0.2) is 41.3 Å². The number of nitrogen functional groups attached to an aromatic ring is 1. The van der Waals surface area contributed by atoms with E-state index in [0.717, 1.165) is 11.8 Å². The summed E-state index contributed by atoms with van der Waals surface area (Å²) in [6, 6.07) is 9.75. The van der Waals surface area contributed by atoms with Gasteiger partial charge in [-0.25, -0.2) is 8.42 Å². The largest absolute Gasteiger partial charge is 0.398 e. The third-order valence-electron chi connectivity index (χ3n) is 2.68. The molecule has 0 heterocycles. The summed E-state index contributed by atoms with van der Waals surface area (Å²) < 4.78 is 22.9. The predicted octanol–water partition coefficient (Wildman–Crippen LogP) is 3.65. The van der Waals surface area contributed by atoms with Gasteiger partial charge in [-0.05, 0) is 29.8 Å². The smallest absolute Gasteiger partial charge is 0.175 e. The Morgan fingerprint density at radius 1 is 1.00 bits per heavy atom. The summed E-state index contributed by atoms with van der Waals surface area (Å²) in [5.74, 6) is 0. The molecule has 0 spiro atoms. The molecule has 0 aliphatic rings. The summed E-state index contributed by atoms with van der Waals surface area (Å²) >= 11 is 11.8. The molecule has 2 N–H and O–H groups in total. The van der Waals surface area contributed by atoms with Crippen molar-refractivity contribution in [1.29, 1.82) is 0 Å². The van der Waals surface area contributed by atoms with E-state index in [2.05, 4.69) is 0 Å². The molecule has 0 saturated heterocycles. The van der Waals surface area contributed by atoms with Crippen LogP contribution in [0.2, 0.25) is 10.0 Å². The second kappa shape index (κ2) is 5.04. The minimum absolute atomic E-state index is 0.189. The number of sulfone groups is 1. The maximum atomic E-state index is 11.4. The molecule has 0 saturated carbocycles. The highest BCUT2D eigenvalue weighted by Crippen LogP contribution is 2.32. The summed E-state index contributed by atoms with van der Waals surface area (Å²) in [4.78, 5) is 0.189. The van der Waals surface area contributed by atoms with Crippen LogP contribution in [-0.2, 0) is 9.84 Å². The first-order chi connectivity index (χ1) is 8.79. The zero-order valence-electron chi connectivity index (χ0n) is 10.0. The van der Waals surface area contributed by atoms with Crippen LogP contribution in [0.1, 0.15) is 0 Å². The van der Waals surface area contributed by atoms with Crippen molar-refractivity contribution < 1.29 is 8.42 Å². The highest BCUT2D eigenvalue weighted by molar-refractivity contribution is 7.90. The number of hydrogen-bond acceptors (Lipinski definition) is 3. The van der Waals surface area contributed by atoms with Crippen LogP contribution in [-0.4, -0.2) is 14.7 Å². The summed E-state index contributed by atoms with van der Waals surface area (Å²) in [6.45, 7) is 0. The maximum absolute atomic E-state index is 11.4. The second-order valence-corrected chi connectivity index (χ2v) is 6.98. The van der Waals surface area contributed by atoms with Gasteiger partial charge in [0.2, 0.25) is 0 Å². The number of hydrogen-bond donors (Lipinski definition) is 1. The zero-order valence-corrected chi connectivity index (χ0v) is 12.4. The van der Waals surface area contributed by atoms with E-state index in [1.165, 1.54) is 12.1 Å². The molecule has 6 heteroatoms. The molecule has 3 nitrogen and oxygen atoms in total. The van der Waals surface area contributed by atoms with Gasteiger partial charge in [0.05, 0.1) is 14.9 Å². The van der Waals surface area contributed by atoms with Crippen molar-refractivity contribution in [2.75, 3.05) is 12.0 Å². The molecule has 0 aromatic heterocycles. The van der Waals surface area contributed by atoms with Gasteiger partial charge in [-0.15, -0.1) is 0 Å². The van der Waals surface area contributed by atoms with Gasteiger partial charge in [0.25, 0.3) is 0 Å². The molecule has 19 heavy (non-hydrogen) atoms. The molecule has 0 unspecified atom stereocenters. The predicted molar refractivity (Wildman–Crippen MR) is 79.4 cm³/mol. The van der Waals surface area contributed by atoms with Crippen LogP contribution < -0.4 is 5.73 Å². The van der Waals surface area contributed by atoms with E-state index in [1.54, 1.807) is 24.3 Å². The third kappa shape index (κ3) is 3.03. The van der Waals surface area contributed by atoms with Crippen molar-refractivity contribution in [3.63, 3.8) is 0 Å². The first kappa shape index (κ1) is 14.2. The fourth-order valence-electron chi connectivity index (χ4n) is 1.70. The molecule has 0 bridgehead atoms. The molecular weight excluding hydrogens is 305 g/mol. The Kier molecular flexibility index (Phi) is 3.76. The fraction of sp³-hybridized carbons (Fsp3) is 0.0769. The standard InChI is InChI=1S/C13H11Cl2NO2S/c1-19(17,18)9-3-4-10(13(16)7-9)8-2-5-11(14)12(15)6-8/h2-7H,16H2,1H3. The van der Waals surface area contributed by atoms with Crippen molar-refractivity contribution in [3.8, 4) is 11.1 Å². The van der Waals surface area contributed by atoms with Crippen LogP contribution in [0.5, 0.6) is 0 Å². The lowest BCUT2D eigenvalue weighted by atomic mass is 10.0. The van der Waals surface area contributed by atoms with Crippen LogP contribution in [0.3, 0.4) is 0 Å². The summed E-state index contributed by atoms with van der Waals surface area (Å²) in [7, 11) is -3.27. The molecule has 0 radical (unpaired) electrons. The molecular formula is C13H11Cl2NO2S. The Labute approximate surface area is 121 Å². The second-order valence-electron chi connectivity index (χ2n) is 4.15. The minimum atomic E-state index is -3.27. The topological polar surface area (TPSA) is 60.2 Å². The molecule has 0 amide bonds. The van der Waals surface area contributed by atoms with E-state index < -0.39 is 9.84 Å². The van der Waals surface area contributed by atoms with E-state index in [1.807, 2.05) is 0 Å². The van der Waals surface area contributed by atoms with Gasteiger partial charge in [0.1, 0.15) is 0 Å². The van der Waals surface area contributed by atoms with Gasteiger partial charge in [-0.1, -0.05) is 35.3 Å². The van der Waals surface area contributed by atoms with E-state index in [-0.39, 0.29) is 4.90 Å². The molecule has 2 rings (SSSR count). The first-order valence-corrected chi connectivity index (χ1v) is 7.99. The van der Waals surface area contributed by atoms with E-state index >= 15 is 0 Å². The van der Waals surface area contributed by atoms with Gasteiger partial charge in [0, 0.05) is 17.5 Å². The van der Waals surface area contributed by atoms with Crippen molar-refractivity contribution in [3.05, 3.63) is 46.4 Å². The monoisotopic (exact) mass is 315 g/mol. The number of rotatable bonds is 2. The molecule has 0 aliphatic carbocycles. The van der Waals surface area contributed by atoms with Crippen LogP contribution in [0.25, 0.3) is 11.1 Å². The Balaban J connectivity index is 2.55. The third-order valence-corrected chi connectivity index (χ3v) is 4.53. The maximum Gasteiger partial charge on any atom is 0.175 e. The van der Waals surface area contributed by atoms with Gasteiger partial charge in [0.15, 0.2) is 9.84 Å². The Bertz CT molecular complexity index is 742. The first-order valence-electron chi connectivity index (χ1n) is 5.34. The Hall–Kier alpha value is -1.23. The Morgan fingerprint density at radius 3 is 2.21 bits per heavy atom. The van der Waals surface area contributed by atoms with Gasteiger partial charge in [-0.2, -0.15) is 0 Å². The van der Waals surface area contributed by atoms with Crippen molar-refractivity contribution in [1.82, 2.24) is 0 Å². The average Bonchev–Trinajstić information content (AvgIpc) is 2.31.